The van der Waals surface area contributed by atoms with Gasteiger partial charge in [-0.1, -0.05) is 6.92 Å². The van der Waals surface area contributed by atoms with E-state index in [2.05, 4.69) is 13.8 Å². The lowest BCUT2D eigenvalue weighted by molar-refractivity contribution is -0.170. The molecule has 2 heterocycles. The molecule has 0 radical (unpaired) electrons. The van der Waals surface area contributed by atoms with Gasteiger partial charge in [0.2, 0.25) is 0 Å². The number of hydrogen-bond donors (Lipinski definition) is 0. The molecule has 2 fully saturated rings. The van der Waals surface area contributed by atoms with Gasteiger partial charge in [0.1, 0.15) is 6.10 Å². The monoisotopic (exact) mass is 213 g/mol. The molecule has 4 heteroatoms. The number of fused-ring (bicyclic) bond motifs is 1. The first-order valence-corrected chi connectivity index (χ1v) is 5.60. The summed E-state index contributed by atoms with van der Waals surface area (Å²) in [6.45, 7) is 8.52. The molecule has 86 valence electrons. The molecule has 2 rings (SSSR count). The Morgan fingerprint density at radius 1 is 1.53 bits per heavy atom. The molecular weight excluding hydrogens is 194 g/mol. The Labute approximate surface area is 90.5 Å². The molecule has 0 unspecified atom stereocenters. The van der Waals surface area contributed by atoms with Crippen molar-refractivity contribution in [2.75, 3.05) is 6.54 Å². The van der Waals surface area contributed by atoms with E-state index >= 15 is 0 Å². The minimum Gasteiger partial charge on any atom is -0.342 e. The second kappa shape index (κ2) is 3.46. The zero-order valence-corrected chi connectivity index (χ0v) is 9.82. The van der Waals surface area contributed by atoms with E-state index in [1.165, 1.54) is 0 Å². The van der Waals surface area contributed by atoms with Gasteiger partial charge in [0.05, 0.1) is 6.54 Å². The molecule has 4 nitrogen and oxygen atoms in total. The Bertz CT molecular complexity index is 277. The van der Waals surface area contributed by atoms with Gasteiger partial charge in [-0.2, -0.15) is 0 Å². The van der Waals surface area contributed by atoms with Crippen LogP contribution < -0.4 is 0 Å². The summed E-state index contributed by atoms with van der Waals surface area (Å²) in [6, 6.07) is 0.276. The zero-order chi connectivity index (χ0) is 11.2. The highest BCUT2D eigenvalue weighted by Crippen LogP contribution is 2.34. The van der Waals surface area contributed by atoms with E-state index in [1.54, 1.807) is 0 Å². The van der Waals surface area contributed by atoms with E-state index in [0.717, 1.165) is 6.42 Å². The van der Waals surface area contributed by atoms with Gasteiger partial charge in [-0.15, -0.1) is 0 Å². The van der Waals surface area contributed by atoms with Crippen molar-refractivity contribution in [3.8, 4) is 0 Å². The quantitative estimate of drug-likeness (QED) is 0.690. The lowest BCUT2D eigenvalue weighted by Gasteiger charge is -2.26. The number of amides is 1. The molecule has 2 aliphatic rings. The van der Waals surface area contributed by atoms with Crippen LogP contribution in [0.5, 0.6) is 0 Å². The van der Waals surface area contributed by atoms with E-state index in [1.807, 2.05) is 18.7 Å². The van der Waals surface area contributed by atoms with Crippen LogP contribution in [0, 0.1) is 0 Å². The van der Waals surface area contributed by atoms with Gasteiger partial charge in [-0.05, 0) is 27.2 Å². The average molecular weight is 213 g/mol. The van der Waals surface area contributed by atoms with Crippen LogP contribution in [-0.4, -0.2) is 41.4 Å². The molecule has 15 heavy (non-hydrogen) atoms. The average Bonchev–Trinajstić information content (AvgIpc) is 2.60. The van der Waals surface area contributed by atoms with E-state index in [0.29, 0.717) is 6.54 Å². The summed E-state index contributed by atoms with van der Waals surface area (Å²) in [5.41, 5.74) is 0. The number of nitrogens with zero attached hydrogens (tertiary/aromatic N) is 1. The van der Waals surface area contributed by atoms with Crippen molar-refractivity contribution >= 4 is 5.91 Å². The molecule has 1 amide bonds. The third-order valence-corrected chi connectivity index (χ3v) is 3.21. The molecule has 0 saturated carbocycles. The topological polar surface area (TPSA) is 38.8 Å². The summed E-state index contributed by atoms with van der Waals surface area (Å²) in [6.07, 6.45) is 0.504. The molecule has 0 aromatic carbocycles. The largest absolute Gasteiger partial charge is 0.342 e. The van der Waals surface area contributed by atoms with Crippen LogP contribution in [0.4, 0.5) is 0 Å². The number of hydrogen-bond acceptors (Lipinski definition) is 3. The number of ether oxygens (including phenoxy) is 2. The first-order chi connectivity index (χ1) is 6.94. The van der Waals surface area contributed by atoms with E-state index < -0.39 is 5.79 Å². The number of carbonyl (C=O) groups excluding carboxylic acids is 1. The Morgan fingerprint density at radius 3 is 2.73 bits per heavy atom. The van der Waals surface area contributed by atoms with Crippen LogP contribution in [0.15, 0.2) is 0 Å². The number of carbonyl (C=O) groups is 1. The van der Waals surface area contributed by atoms with E-state index in [9.17, 15) is 4.79 Å². The van der Waals surface area contributed by atoms with Gasteiger partial charge in [0.25, 0.3) is 5.91 Å². The lowest BCUT2D eigenvalue weighted by atomic mass is 10.2. The van der Waals surface area contributed by atoms with Crippen molar-refractivity contribution in [1.29, 1.82) is 0 Å². The maximum Gasteiger partial charge on any atom is 0.254 e. The summed E-state index contributed by atoms with van der Waals surface area (Å²) in [7, 11) is 0. The fourth-order valence-electron chi connectivity index (χ4n) is 2.24. The summed E-state index contributed by atoms with van der Waals surface area (Å²) >= 11 is 0. The van der Waals surface area contributed by atoms with Crippen LogP contribution in [0.3, 0.4) is 0 Å². The predicted molar refractivity (Wildman–Crippen MR) is 55.3 cm³/mol. The smallest absolute Gasteiger partial charge is 0.254 e. The summed E-state index contributed by atoms with van der Waals surface area (Å²) < 4.78 is 11.3. The molecule has 0 bridgehead atoms. The first-order valence-electron chi connectivity index (χ1n) is 5.60. The molecule has 0 aromatic heterocycles. The second-order valence-electron chi connectivity index (χ2n) is 4.84. The van der Waals surface area contributed by atoms with Crippen molar-refractivity contribution in [1.82, 2.24) is 4.90 Å². The Kier molecular flexibility index (Phi) is 2.51. The SMILES string of the molecule is CC[C@H](C)N1C[C@@H]2OC(C)(C)O[C@@H]2C1=O. The zero-order valence-electron chi connectivity index (χ0n) is 9.82. The molecule has 2 aliphatic heterocycles. The molecule has 3 atom stereocenters. The third-order valence-electron chi connectivity index (χ3n) is 3.21. The van der Waals surface area contributed by atoms with Gasteiger partial charge in [-0.3, -0.25) is 4.79 Å². The fourth-order valence-corrected chi connectivity index (χ4v) is 2.24. The van der Waals surface area contributed by atoms with Gasteiger partial charge >= 0.3 is 0 Å². The van der Waals surface area contributed by atoms with Crippen LogP contribution in [-0.2, 0) is 14.3 Å². The summed E-state index contributed by atoms with van der Waals surface area (Å²) in [5, 5.41) is 0. The Balaban J connectivity index is 2.08. The van der Waals surface area contributed by atoms with Crippen molar-refractivity contribution in [3.05, 3.63) is 0 Å². The molecule has 0 aromatic rings. The number of rotatable bonds is 2. The maximum atomic E-state index is 12.0. The minimum absolute atomic E-state index is 0.0819. The second-order valence-corrected chi connectivity index (χ2v) is 4.84. The first kappa shape index (κ1) is 10.9. The van der Waals surface area contributed by atoms with Crippen LogP contribution in [0.2, 0.25) is 0 Å². The summed E-state index contributed by atoms with van der Waals surface area (Å²) in [4.78, 5) is 13.9. The Morgan fingerprint density at radius 2 is 2.20 bits per heavy atom. The van der Waals surface area contributed by atoms with E-state index in [4.69, 9.17) is 9.47 Å². The van der Waals surface area contributed by atoms with Gasteiger partial charge in [-0.25, -0.2) is 0 Å². The summed E-state index contributed by atoms with van der Waals surface area (Å²) in [5.74, 6) is -0.521. The molecule has 0 spiro atoms. The molecule has 0 aliphatic carbocycles. The van der Waals surface area contributed by atoms with Crippen molar-refractivity contribution < 1.29 is 14.3 Å². The van der Waals surface area contributed by atoms with E-state index in [-0.39, 0.29) is 24.2 Å². The Hall–Kier alpha value is -0.610. The third kappa shape index (κ3) is 1.76. The van der Waals surface area contributed by atoms with Gasteiger partial charge in [0.15, 0.2) is 11.9 Å². The maximum absolute atomic E-state index is 12.0. The van der Waals surface area contributed by atoms with Crippen LogP contribution >= 0.6 is 0 Å². The molecule has 2 saturated heterocycles. The minimum atomic E-state index is -0.605. The highest BCUT2D eigenvalue weighted by Gasteiger charge is 2.52. The lowest BCUT2D eigenvalue weighted by Crippen LogP contribution is -2.39. The van der Waals surface area contributed by atoms with Crippen LogP contribution in [0.1, 0.15) is 34.1 Å². The van der Waals surface area contributed by atoms with Crippen molar-refractivity contribution in [2.24, 2.45) is 0 Å². The highest BCUT2D eigenvalue weighted by atomic mass is 16.8. The predicted octanol–water partition coefficient (Wildman–Crippen LogP) is 1.15. The van der Waals surface area contributed by atoms with Crippen molar-refractivity contribution in [3.63, 3.8) is 0 Å². The normalized spacial score (nSPS) is 35.7. The number of likely N-dealkylation sites (tertiary alicyclic amines) is 1. The molecule has 0 N–H and O–H groups in total. The standard InChI is InChI=1S/C11H19NO3/c1-5-7(2)12-6-8-9(10(12)13)15-11(3,4)14-8/h7-9H,5-6H2,1-4H3/t7-,8-,9-/m0/s1. The van der Waals surface area contributed by atoms with Gasteiger partial charge in [0, 0.05) is 6.04 Å². The highest BCUT2D eigenvalue weighted by molar-refractivity contribution is 5.84. The fraction of sp³-hybridized carbons (Fsp3) is 0.909. The van der Waals surface area contributed by atoms with Crippen molar-refractivity contribution in [2.45, 2.75) is 58.2 Å². The molecular formula is C11H19NO3. The van der Waals surface area contributed by atoms with Gasteiger partial charge < -0.3 is 14.4 Å². The van der Waals surface area contributed by atoms with Crippen LogP contribution in [0.25, 0.3) is 0 Å².